The Hall–Kier alpha value is -1.87. The number of ketones is 1. The van der Waals surface area contributed by atoms with Gasteiger partial charge in [0.05, 0.1) is 0 Å². The molecule has 3 heteroatoms. The molecule has 0 spiro atoms. The molecule has 1 aliphatic carbocycles. The van der Waals surface area contributed by atoms with Crippen molar-refractivity contribution in [3.05, 3.63) is 54.1 Å². The Morgan fingerprint density at radius 2 is 1.88 bits per heavy atom. The minimum atomic E-state index is -1.45. The van der Waals surface area contributed by atoms with Crippen LogP contribution in [0.15, 0.2) is 48.6 Å². The van der Waals surface area contributed by atoms with Crippen molar-refractivity contribution < 1.29 is 15.0 Å². The summed E-state index contributed by atoms with van der Waals surface area (Å²) in [5.74, 6) is -0.254. The van der Waals surface area contributed by atoms with Crippen molar-refractivity contribution in [1.82, 2.24) is 0 Å². The summed E-state index contributed by atoms with van der Waals surface area (Å²) in [6.07, 6.45) is 6.96. The molecule has 1 aliphatic rings. The summed E-state index contributed by atoms with van der Waals surface area (Å²) in [6, 6.07) is 5.86. The number of carbonyl (C=O) groups is 1. The Morgan fingerprint density at radius 1 is 1.19 bits per heavy atom. The molecule has 1 unspecified atom stereocenters. The summed E-state index contributed by atoms with van der Waals surface area (Å²) in [5.41, 5.74) is -1.06. The van der Waals surface area contributed by atoms with Crippen LogP contribution in [0.25, 0.3) is 0 Å². The number of allylic oxidation sites excluding steroid dienone is 2. The van der Waals surface area contributed by atoms with Gasteiger partial charge in [0.25, 0.3) is 0 Å². The van der Waals surface area contributed by atoms with Crippen LogP contribution in [0.1, 0.15) is 16.8 Å². The Balaban J connectivity index is 2.28. The maximum atomic E-state index is 12.0. The highest BCUT2D eigenvalue weighted by Crippen LogP contribution is 2.23. The van der Waals surface area contributed by atoms with Crippen molar-refractivity contribution in [2.45, 2.75) is 12.0 Å². The lowest BCUT2D eigenvalue weighted by Crippen LogP contribution is -2.36. The van der Waals surface area contributed by atoms with Gasteiger partial charge in [0.15, 0.2) is 5.78 Å². The van der Waals surface area contributed by atoms with Gasteiger partial charge in [-0.05, 0) is 30.3 Å². The highest BCUT2D eigenvalue weighted by atomic mass is 16.3. The van der Waals surface area contributed by atoms with E-state index in [9.17, 15) is 9.90 Å². The van der Waals surface area contributed by atoms with Crippen molar-refractivity contribution in [2.24, 2.45) is 0 Å². The second kappa shape index (κ2) is 3.94. The molecule has 2 rings (SSSR count). The van der Waals surface area contributed by atoms with Gasteiger partial charge >= 0.3 is 0 Å². The molecule has 2 N–H and O–H groups in total. The lowest BCUT2D eigenvalue weighted by molar-refractivity contribution is 0.0534. The maximum absolute atomic E-state index is 12.0. The van der Waals surface area contributed by atoms with Crippen LogP contribution in [0.3, 0.4) is 0 Å². The van der Waals surface area contributed by atoms with Crippen LogP contribution in [0.5, 0.6) is 5.75 Å². The first-order chi connectivity index (χ1) is 7.62. The van der Waals surface area contributed by atoms with Crippen LogP contribution in [0.4, 0.5) is 0 Å². The molecule has 1 atom stereocenters. The quantitative estimate of drug-likeness (QED) is 0.741. The Labute approximate surface area is 93.4 Å². The molecular formula is C13H12O3. The van der Waals surface area contributed by atoms with E-state index in [0.29, 0.717) is 5.56 Å². The van der Waals surface area contributed by atoms with Crippen LogP contribution in [0.2, 0.25) is 0 Å². The zero-order valence-electron chi connectivity index (χ0n) is 8.63. The van der Waals surface area contributed by atoms with E-state index in [0.717, 1.165) is 0 Å². The average Bonchev–Trinajstić information content (AvgIpc) is 2.30. The molecule has 1 aromatic rings. The number of benzene rings is 1. The number of phenols is 1. The molecule has 16 heavy (non-hydrogen) atoms. The van der Waals surface area contributed by atoms with E-state index in [4.69, 9.17) is 5.11 Å². The molecule has 3 nitrogen and oxygen atoms in total. The van der Waals surface area contributed by atoms with Crippen molar-refractivity contribution in [3.8, 4) is 5.75 Å². The minimum Gasteiger partial charge on any atom is -0.508 e. The highest BCUT2D eigenvalue weighted by molar-refractivity contribution is 6.04. The number of hydrogen-bond acceptors (Lipinski definition) is 3. The second-order valence-electron chi connectivity index (χ2n) is 3.79. The molecule has 82 valence electrons. The van der Waals surface area contributed by atoms with Gasteiger partial charge in [0.2, 0.25) is 0 Å². The molecule has 0 aliphatic heterocycles. The van der Waals surface area contributed by atoms with Crippen LogP contribution in [-0.4, -0.2) is 21.6 Å². The Morgan fingerprint density at radius 3 is 2.44 bits per heavy atom. The fourth-order valence-electron chi connectivity index (χ4n) is 1.64. The van der Waals surface area contributed by atoms with Crippen molar-refractivity contribution in [2.75, 3.05) is 0 Å². The SMILES string of the molecule is O=C(c1ccc(O)cc1)C1(O)C=CC=CC1. The summed E-state index contributed by atoms with van der Waals surface area (Å²) in [4.78, 5) is 12.0. The largest absolute Gasteiger partial charge is 0.508 e. The first-order valence-corrected chi connectivity index (χ1v) is 5.02. The van der Waals surface area contributed by atoms with E-state index < -0.39 is 5.60 Å². The predicted molar refractivity (Wildman–Crippen MR) is 60.3 cm³/mol. The monoisotopic (exact) mass is 216 g/mol. The van der Waals surface area contributed by atoms with E-state index in [2.05, 4.69) is 0 Å². The lowest BCUT2D eigenvalue weighted by Gasteiger charge is -2.23. The molecule has 0 aromatic heterocycles. The molecule has 0 bridgehead atoms. The fourth-order valence-corrected chi connectivity index (χ4v) is 1.64. The number of carbonyl (C=O) groups excluding carboxylic acids is 1. The van der Waals surface area contributed by atoms with Crippen molar-refractivity contribution in [3.63, 3.8) is 0 Å². The molecule has 0 saturated carbocycles. The van der Waals surface area contributed by atoms with Crippen molar-refractivity contribution >= 4 is 5.78 Å². The van der Waals surface area contributed by atoms with Gasteiger partial charge in [-0.3, -0.25) is 4.79 Å². The Bertz CT molecular complexity index is 457. The summed E-state index contributed by atoms with van der Waals surface area (Å²) in [6.45, 7) is 0. The minimum absolute atomic E-state index is 0.0996. The van der Waals surface area contributed by atoms with Crippen LogP contribution < -0.4 is 0 Å². The third-order valence-corrected chi connectivity index (χ3v) is 2.57. The zero-order chi connectivity index (χ0) is 11.6. The molecule has 0 heterocycles. The smallest absolute Gasteiger partial charge is 0.198 e. The molecule has 0 amide bonds. The first kappa shape index (κ1) is 10.6. The number of Topliss-reactive ketones (excluding diaryl/α,β-unsaturated/α-hetero) is 1. The van der Waals surface area contributed by atoms with Gasteiger partial charge < -0.3 is 10.2 Å². The lowest BCUT2D eigenvalue weighted by atomic mass is 9.87. The van der Waals surface area contributed by atoms with E-state index in [-0.39, 0.29) is 18.0 Å². The molecular weight excluding hydrogens is 204 g/mol. The molecule has 0 fully saturated rings. The number of aromatic hydroxyl groups is 1. The van der Waals surface area contributed by atoms with Crippen molar-refractivity contribution in [1.29, 1.82) is 0 Å². The number of rotatable bonds is 2. The van der Waals surface area contributed by atoms with Gasteiger partial charge in [-0.1, -0.05) is 18.2 Å². The fraction of sp³-hybridized carbons (Fsp3) is 0.154. The van der Waals surface area contributed by atoms with Gasteiger partial charge in [0.1, 0.15) is 11.4 Å². The number of phenolic OH excluding ortho intramolecular Hbond substituents is 1. The molecule has 0 radical (unpaired) electrons. The van der Waals surface area contributed by atoms with Gasteiger partial charge in [-0.25, -0.2) is 0 Å². The highest BCUT2D eigenvalue weighted by Gasteiger charge is 2.33. The Kier molecular flexibility index (Phi) is 2.62. The van der Waals surface area contributed by atoms with Crippen LogP contribution >= 0.6 is 0 Å². The average molecular weight is 216 g/mol. The normalized spacial score (nSPS) is 23.3. The molecule has 1 aromatic carbocycles. The topological polar surface area (TPSA) is 57.5 Å². The van der Waals surface area contributed by atoms with Crippen LogP contribution in [-0.2, 0) is 0 Å². The predicted octanol–water partition coefficient (Wildman–Crippen LogP) is 1.82. The molecule has 0 saturated heterocycles. The van der Waals surface area contributed by atoms with Gasteiger partial charge in [-0.2, -0.15) is 0 Å². The number of hydrogen-bond donors (Lipinski definition) is 2. The van der Waals surface area contributed by atoms with Gasteiger partial charge in [0, 0.05) is 12.0 Å². The third kappa shape index (κ3) is 1.90. The third-order valence-electron chi connectivity index (χ3n) is 2.57. The van der Waals surface area contributed by atoms with E-state index in [1.165, 1.54) is 30.3 Å². The number of aliphatic hydroxyl groups is 1. The zero-order valence-corrected chi connectivity index (χ0v) is 8.63. The summed E-state index contributed by atoms with van der Waals surface area (Å²) in [7, 11) is 0. The van der Waals surface area contributed by atoms with E-state index in [1.54, 1.807) is 18.2 Å². The van der Waals surface area contributed by atoms with E-state index >= 15 is 0 Å². The maximum Gasteiger partial charge on any atom is 0.198 e. The van der Waals surface area contributed by atoms with Gasteiger partial charge in [-0.15, -0.1) is 0 Å². The van der Waals surface area contributed by atoms with E-state index in [1.807, 2.05) is 0 Å². The summed E-state index contributed by atoms with van der Waals surface area (Å²) in [5, 5.41) is 19.2. The second-order valence-corrected chi connectivity index (χ2v) is 3.79. The van der Waals surface area contributed by atoms with Crippen LogP contribution in [0, 0.1) is 0 Å². The summed E-state index contributed by atoms with van der Waals surface area (Å²) >= 11 is 0. The first-order valence-electron chi connectivity index (χ1n) is 5.02. The standard InChI is InChI=1S/C13H12O3/c14-11-6-4-10(5-7-11)12(15)13(16)8-2-1-3-9-13/h1-8,14,16H,9H2. The summed E-state index contributed by atoms with van der Waals surface area (Å²) < 4.78 is 0.